The van der Waals surface area contributed by atoms with Crippen LogP contribution >= 0.6 is 27.7 Å². The van der Waals surface area contributed by atoms with Crippen LogP contribution in [0.1, 0.15) is 5.56 Å². The van der Waals surface area contributed by atoms with Crippen molar-refractivity contribution in [3.8, 4) is 5.75 Å². The molecule has 26 heavy (non-hydrogen) atoms. The van der Waals surface area contributed by atoms with E-state index in [2.05, 4.69) is 40.9 Å². The first-order valence-electron chi connectivity index (χ1n) is 6.63. The van der Waals surface area contributed by atoms with Gasteiger partial charge in [0.1, 0.15) is 5.75 Å². The molecular formula is C14H9BrF3N3O4S. The minimum absolute atomic E-state index is 0.0790. The summed E-state index contributed by atoms with van der Waals surface area (Å²) in [6, 6.07) is 3.96. The first-order valence-corrected chi connectivity index (χ1v) is 8.24. The largest absolute Gasteiger partial charge is 0.573 e. The molecule has 0 saturated carbocycles. The lowest BCUT2D eigenvalue weighted by Gasteiger charge is -2.10. The maximum Gasteiger partial charge on any atom is 0.573 e. The number of methoxy groups -OCH3 is 1. The van der Waals surface area contributed by atoms with Crippen LogP contribution in [0.15, 0.2) is 43.9 Å². The average Bonchev–Trinajstić information content (AvgIpc) is 2.88. The van der Waals surface area contributed by atoms with Crippen molar-refractivity contribution < 1.29 is 32.2 Å². The van der Waals surface area contributed by atoms with Crippen molar-refractivity contribution in [1.82, 2.24) is 5.32 Å². The van der Waals surface area contributed by atoms with Crippen molar-refractivity contribution in [2.24, 2.45) is 10.2 Å². The molecule has 0 aromatic heterocycles. The molecule has 0 spiro atoms. The molecule has 0 atom stereocenters. The number of benzene rings is 1. The van der Waals surface area contributed by atoms with E-state index < -0.39 is 24.0 Å². The zero-order chi connectivity index (χ0) is 19.3. The minimum atomic E-state index is -4.83. The van der Waals surface area contributed by atoms with Crippen LogP contribution < -0.4 is 10.1 Å². The minimum Gasteiger partial charge on any atom is -0.466 e. The highest BCUT2D eigenvalue weighted by Gasteiger charge is 2.32. The molecule has 0 radical (unpaired) electrons. The number of halogens is 4. The Morgan fingerprint density at radius 2 is 2.12 bits per heavy atom. The van der Waals surface area contributed by atoms with Crippen LogP contribution in [0.5, 0.6) is 5.75 Å². The maximum absolute atomic E-state index is 12.3. The summed E-state index contributed by atoms with van der Waals surface area (Å²) >= 11 is 3.82. The monoisotopic (exact) mass is 451 g/mol. The quantitative estimate of drug-likeness (QED) is 0.329. The van der Waals surface area contributed by atoms with Crippen LogP contribution in [-0.4, -0.2) is 36.7 Å². The molecule has 1 heterocycles. The highest BCUT2D eigenvalue weighted by molar-refractivity contribution is 9.10. The summed E-state index contributed by atoms with van der Waals surface area (Å²) in [7, 11) is 1.17. The van der Waals surface area contributed by atoms with Crippen molar-refractivity contribution >= 4 is 51.0 Å². The molecule has 1 aromatic carbocycles. The topological polar surface area (TPSA) is 89.3 Å². The van der Waals surface area contributed by atoms with Crippen LogP contribution in [0.2, 0.25) is 0 Å². The number of alkyl halides is 3. The molecule has 7 nitrogen and oxygen atoms in total. The third-order valence-corrected chi connectivity index (χ3v) is 4.19. The smallest absolute Gasteiger partial charge is 0.466 e. The van der Waals surface area contributed by atoms with Gasteiger partial charge in [-0.05, 0) is 45.4 Å². The van der Waals surface area contributed by atoms with Crippen LogP contribution in [0.3, 0.4) is 0 Å². The van der Waals surface area contributed by atoms with Gasteiger partial charge in [0.25, 0.3) is 5.91 Å². The third-order valence-electron chi connectivity index (χ3n) is 2.64. The van der Waals surface area contributed by atoms with E-state index in [1.165, 1.54) is 25.5 Å². The van der Waals surface area contributed by atoms with Gasteiger partial charge < -0.3 is 9.47 Å². The predicted octanol–water partition coefficient (Wildman–Crippen LogP) is 2.96. The summed E-state index contributed by atoms with van der Waals surface area (Å²) in [5, 5.41) is 9.90. The highest BCUT2D eigenvalue weighted by atomic mass is 79.9. The first kappa shape index (κ1) is 20.0. The number of hydrogen-bond acceptors (Lipinski definition) is 7. The molecule has 1 saturated heterocycles. The van der Waals surface area contributed by atoms with E-state index in [4.69, 9.17) is 0 Å². The maximum atomic E-state index is 12.3. The summed E-state index contributed by atoms with van der Waals surface area (Å²) in [4.78, 5) is 22.8. The SMILES string of the molecule is COC(=O)/C=C1/S/C(=N\N=Cc2ccc(Br)c(OC(F)(F)F)c2)NC1=O. The number of rotatable bonds is 4. The predicted molar refractivity (Wildman–Crippen MR) is 91.7 cm³/mol. The molecule has 1 aliphatic heterocycles. The molecule has 0 aliphatic carbocycles. The fourth-order valence-corrected chi connectivity index (χ4v) is 2.66. The number of esters is 1. The van der Waals surface area contributed by atoms with Gasteiger partial charge in [-0.2, -0.15) is 5.10 Å². The van der Waals surface area contributed by atoms with Crippen molar-refractivity contribution in [2.45, 2.75) is 6.36 Å². The van der Waals surface area contributed by atoms with E-state index >= 15 is 0 Å². The summed E-state index contributed by atoms with van der Waals surface area (Å²) in [6.07, 6.45) is -2.65. The van der Waals surface area contributed by atoms with Crippen LogP contribution in [0, 0.1) is 0 Å². The van der Waals surface area contributed by atoms with Gasteiger partial charge in [-0.15, -0.1) is 18.3 Å². The van der Waals surface area contributed by atoms with Crippen molar-refractivity contribution in [2.75, 3.05) is 7.11 Å². The number of ether oxygens (including phenoxy) is 2. The highest BCUT2D eigenvalue weighted by Crippen LogP contribution is 2.31. The standard InChI is InChI=1S/C14H9BrF3N3O4S/c1-24-11(22)5-10-12(23)20-13(26-10)21-19-6-7-2-3-8(15)9(4-7)25-14(16,17)18/h2-6H,1H3,(H,20,21,23)/b10-5+,19-6?. The van der Waals surface area contributed by atoms with Crippen LogP contribution in [-0.2, 0) is 14.3 Å². The van der Waals surface area contributed by atoms with E-state index in [9.17, 15) is 22.8 Å². The van der Waals surface area contributed by atoms with Crippen LogP contribution in [0.25, 0.3) is 0 Å². The van der Waals surface area contributed by atoms with Crippen molar-refractivity contribution in [1.29, 1.82) is 0 Å². The Labute approximate surface area is 157 Å². The molecular weight excluding hydrogens is 443 g/mol. The summed E-state index contributed by atoms with van der Waals surface area (Å²) < 4.78 is 45.4. The molecule has 12 heteroatoms. The number of carbonyl (C=O) groups is 2. The Kier molecular flexibility index (Phi) is 6.42. The molecule has 2 rings (SSSR count). The Hall–Kier alpha value is -2.34. The number of hydrogen-bond donors (Lipinski definition) is 1. The number of thioether (sulfide) groups is 1. The molecule has 1 aliphatic rings. The van der Waals surface area contributed by atoms with E-state index in [0.717, 1.165) is 23.9 Å². The van der Waals surface area contributed by atoms with Crippen molar-refractivity contribution in [3.63, 3.8) is 0 Å². The van der Waals surface area contributed by atoms with Gasteiger partial charge in [0.05, 0.1) is 22.7 Å². The fourth-order valence-electron chi connectivity index (χ4n) is 1.59. The molecule has 1 amide bonds. The van der Waals surface area contributed by atoms with Gasteiger partial charge in [0, 0.05) is 6.08 Å². The van der Waals surface area contributed by atoms with Gasteiger partial charge in [-0.25, -0.2) is 4.79 Å². The molecule has 1 aromatic rings. The molecule has 0 bridgehead atoms. The summed E-state index contributed by atoms with van der Waals surface area (Å²) in [5.41, 5.74) is 0.288. The van der Waals surface area contributed by atoms with E-state index in [1.54, 1.807) is 0 Å². The zero-order valence-corrected chi connectivity index (χ0v) is 15.2. The van der Waals surface area contributed by atoms with Crippen molar-refractivity contribution in [3.05, 3.63) is 39.2 Å². The first-order chi connectivity index (χ1) is 12.2. The van der Waals surface area contributed by atoms with Gasteiger partial charge in [-0.1, -0.05) is 6.07 Å². The fraction of sp³-hybridized carbons (Fsp3) is 0.143. The third kappa shape index (κ3) is 5.88. The lowest BCUT2D eigenvalue weighted by molar-refractivity contribution is -0.274. The van der Waals surface area contributed by atoms with Gasteiger partial charge in [-0.3, -0.25) is 10.1 Å². The molecule has 138 valence electrons. The summed E-state index contributed by atoms with van der Waals surface area (Å²) in [5.74, 6) is -1.67. The molecule has 1 N–H and O–H groups in total. The lowest BCUT2D eigenvalue weighted by atomic mass is 10.2. The Balaban J connectivity index is 2.10. The van der Waals surface area contributed by atoms with E-state index in [0.29, 0.717) is 0 Å². The summed E-state index contributed by atoms with van der Waals surface area (Å²) in [6.45, 7) is 0. The lowest BCUT2D eigenvalue weighted by Crippen LogP contribution is -2.19. The number of nitrogens with one attached hydrogen (secondary N) is 1. The second-order valence-electron chi connectivity index (χ2n) is 4.48. The van der Waals surface area contributed by atoms with Gasteiger partial charge in [0.15, 0.2) is 5.17 Å². The second-order valence-corrected chi connectivity index (χ2v) is 6.36. The van der Waals surface area contributed by atoms with E-state index in [-0.39, 0.29) is 20.1 Å². The number of nitrogens with zero attached hydrogens (tertiary/aromatic N) is 2. The Bertz CT molecular complexity index is 824. The number of carbonyl (C=O) groups excluding carboxylic acids is 2. The average molecular weight is 452 g/mol. The van der Waals surface area contributed by atoms with E-state index in [1.807, 2.05) is 0 Å². The Morgan fingerprint density at radius 3 is 2.77 bits per heavy atom. The number of amidine groups is 1. The molecule has 1 fully saturated rings. The Morgan fingerprint density at radius 1 is 1.38 bits per heavy atom. The van der Waals surface area contributed by atoms with Gasteiger partial charge in [0.2, 0.25) is 0 Å². The van der Waals surface area contributed by atoms with Crippen LogP contribution in [0.4, 0.5) is 13.2 Å². The van der Waals surface area contributed by atoms with Gasteiger partial charge >= 0.3 is 12.3 Å². The second kappa shape index (κ2) is 8.36. The zero-order valence-electron chi connectivity index (χ0n) is 12.8. The number of amides is 1. The molecule has 0 unspecified atom stereocenters. The normalized spacial score (nSPS) is 17.8.